The van der Waals surface area contributed by atoms with Crippen molar-refractivity contribution >= 4 is 34.7 Å². The van der Waals surface area contributed by atoms with Crippen LogP contribution in [0.3, 0.4) is 0 Å². The summed E-state index contributed by atoms with van der Waals surface area (Å²) in [6, 6.07) is 6.64. The van der Waals surface area contributed by atoms with Crippen LogP contribution in [0.15, 0.2) is 23.3 Å². The van der Waals surface area contributed by atoms with Gasteiger partial charge in [0.2, 0.25) is 0 Å². The highest BCUT2D eigenvalue weighted by atomic mass is 127. The van der Waals surface area contributed by atoms with Crippen LogP contribution >= 0.6 is 22.6 Å². The lowest BCUT2D eigenvalue weighted by molar-refractivity contribution is -0.120. The molecule has 82 valence electrons. The maximum atomic E-state index is 10.9. The van der Waals surface area contributed by atoms with Gasteiger partial charge in [-0.1, -0.05) is 0 Å². The van der Waals surface area contributed by atoms with E-state index in [4.69, 9.17) is 5.26 Å². The number of hydrazone groups is 1. The number of amides is 1. The molecule has 0 fully saturated rings. The Morgan fingerprint density at radius 1 is 1.69 bits per heavy atom. The molecule has 0 atom stereocenters. The summed E-state index contributed by atoms with van der Waals surface area (Å²) in [5, 5.41) is 21.2. The van der Waals surface area contributed by atoms with Crippen molar-refractivity contribution in [2.75, 3.05) is 0 Å². The van der Waals surface area contributed by atoms with Crippen LogP contribution in [0.4, 0.5) is 0 Å². The Balaban J connectivity index is 2.60. The van der Waals surface area contributed by atoms with Gasteiger partial charge in [-0.05, 0) is 46.4 Å². The fourth-order valence-electron chi connectivity index (χ4n) is 0.894. The Labute approximate surface area is 106 Å². The molecule has 6 heteroatoms. The third-order valence-electron chi connectivity index (χ3n) is 1.61. The molecular weight excluding hydrogens is 321 g/mol. The number of hydrogen-bond acceptors (Lipinski definition) is 4. The number of aromatic hydroxyl groups is 1. The van der Waals surface area contributed by atoms with Crippen molar-refractivity contribution in [3.63, 3.8) is 0 Å². The first-order valence-electron chi connectivity index (χ1n) is 4.31. The average molecular weight is 329 g/mol. The predicted molar refractivity (Wildman–Crippen MR) is 66.8 cm³/mol. The van der Waals surface area contributed by atoms with Crippen LogP contribution in [-0.4, -0.2) is 17.2 Å². The van der Waals surface area contributed by atoms with E-state index in [1.807, 2.05) is 22.6 Å². The number of carbonyl (C=O) groups excluding carboxylic acids is 1. The molecule has 0 bridgehead atoms. The second-order valence-electron chi connectivity index (χ2n) is 2.84. The quantitative estimate of drug-likeness (QED) is 0.499. The largest absolute Gasteiger partial charge is 0.507 e. The highest BCUT2D eigenvalue weighted by Crippen LogP contribution is 2.19. The molecular formula is C10H8IN3O2. The van der Waals surface area contributed by atoms with Crippen molar-refractivity contribution in [3.05, 3.63) is 27.3 Å². The van der Waals surface area contributed by atoms with Gasteiger partial charge in [-0.2, -0.15) is 10.4 Å². The summed E-state index contributed by atoms with van der Waals surface area (Å²) >= 11 is 1.99. The number of carbonyl (C=O) groups is 1. The minimum absolute atomic E-state index is 0.200. The minimum Gasteiger partial charge on any atom is -0.507 e. The van der Waals surface area contributed by atoms with Crippen molar-refractivity contribution in [1.82, 2.24) is 5.43 Å². The lowest BCUT2D eigenvalue weighted by Gasteiger charge is -1.98. The van der Waals surface area contributed by atoms with Crippen LogP contribution in [0.5, 0.6) is 5.75 Å². The molecule has 0 saturated heterocycles. The summed E-state index contributed by atoms with van der Waals surface area (Å²) < 4.78 is 0.699. The molecule has 0 radical (unpaired) electrons. The molecule has 0 aromatic heterocycles. The first-order valence-corrected chi connectivity index (χ1v) is 5.38. The van der Waals surface area contributed by atoms with Crippen molar-refractivity contribution in [2.45, 2.75) is 6.42 Å². The van der Waals surface area contributed by atoms with Crippen molar-refractivity contribution in [2.24, 2.45) is 5.10 Å². The normalized spacial score (nSPS) is 10.0. The SMILES string of the molecule is N#CCC(=O)N/N=C\c1ccc(O)c(I)c1. The van der Waals surface area contributed by atoms with Gasteiger partial charge in [-0.15, -0.1) is 0 Å². The number of nitrogens with one attached hydrogen (secondary N) is 1. The van der Waals surface area contributed by atoms with Gasteiger partial charge in [-0.25, -0.2) is 5.43 Å². The summed E-state index contributed by atoms with van der Waals surface area (Å²) in [5.41, 5.74) is 2.96. The Morgan fingerprint density at radius 2 is 2.44 bits per heavy atom. The predicted octanol–water partition coefficient (Wildman–Crippen LogP) is 1.36. The zero-order chi connectivity index (χ0) is 12.0. The lowest BCUT2D eigenvalue weighted by atomic mass is 10.2. The van der Waals surface area contributed by atoms with Gasteiger partial charge in [-0.3, -0.25) is 4.79 Å². The molecule has 0 heterocycles. The second-order valence-corrected chi connectivity index (χ2v) is 4.00. The molecule has 1 rings (SSSR count). The van der Waals surface area contributed by atoms with E-state index in [1.54, 1.807) is 24.3 Å². The topological polar surface area (TPSA) is 85.5 Å². The minimum atomic E-state index is -0.452. The highest BCUT2D eigenvalue weighted by molar-refractivity contribution is 14.1. The van der Waals surface area contributed by atoms with Gasteiger partial charge in [0.15, 0.2) is 0 Å². The van der Waals surface area contributed by atoms with E-state index in [0.29, 0.717) is 3.57 Å². The Kier molecular flexibility index (Phi) is 4.72. The summed E-state index contributed by atoms with van der Waals surface area (Å²) in [7, 11) is 0. The Hall–Kier alpha value is -1.62. The third-order valence-corrected chi connectivity index (χ3v) is 2.48. The smallest absolute Gasteiger partial charge is 0.254 e. The van der Waals surface area contributed by atoms with Gasteiger partial charge in [0.1, 0.15) is 12.2 Å². The number of phenols is 1. The van der Waals surface area contributed by atoms with Gasteiger partial charge >= 0.3 is 0 Å². The molecule has 0 aliphatic rings. The molecule has 2 N–H and O–H groups in total. The molecule has 0 aliphatic carbocycles. The number of halogens is 1. The molecule has 0 unspecified atom stereocenters. The summed E-state index contributed by atoms with van der Waals surface area (Å²) in [6.45, 7) is 0. The number of nitriles is 1. The molecule has 0 spiro atoms. The van der Waals surface area contributed by atoms with E-state index in [-0.39, 0.29) is 12.2 Å². The molecule has 5 nitrogen and oxygen atoms in total. The van der Waals surface area contributed by atoms with E-state index in [1.165, 1.54) is 6.21 Å². The number of hydrogen-bond donors (Lipinski definition) is 2. The van der Waals surface area contributed by atoms with Crippen molar-refractivity contribution in [3.8, 4) is 11.8 Å². The van der Waals surface area contributed by atoms with Crippen LogP contribution in [0.25, 0.3) is 0 Å². The zero-order valence-electron chi connectivity index (χ0n) is 8.14. The van der Waals surface area contributed by atoms with Crippen LogP contribution in [0.1, 0.15) is 12.0 Å². The van der Waals surface area contributed by atoms with Crippen LogP contribution < -0.4 is 5.43 Å². The number of benzene rings is 1. The molecule has 16 heavy (non-hydrogen) atoms. The lowest BCUT2D eigenvalue weighted by Crippen LogP contribution is -2.16. The van der Waals surface area contributed by atoms with E-state index < -0.39 is 5.91 Å². The second kappa shape index (κ2) is 6.07. The van der Waals surface area contributed by atoms with Gasteiger partial charge in [0, 0.05) is 0 Å². The summed E-state index contributed by atoms with van der Waals surface area (Å²) in [6.07, 6.45) is 1.22. The molecule has 1 aromatic rings. The van der Waals surface area contributed by atoms with Crippen molar-refractivity contribution in [1.29, 1.82) is 5.26 Å². The number of rotatable bonds is 3. The summed E-state index contributed by atoms with van der Waals surface area (Å²) in [5.74, 6) is -0.251. The highest BCUT2D eigenvalue weighted by Gasteiger charge is 1.98. The molecule has 1 aromatic carbocycles. The van der Waals surface area contributed by atoms with E-state index in [9.17, 15) is 9.90 Å². The van der Waals surface area contributed by atoms with E-state index in [2.05, 4.69) is 10.5 Å². The van der Waals surface area contributed by atoms with Crippen LogP contribution in [-0.2, 0) is 4.79 Å². The monoisotopic (exact) mass is 329 g/mol. The molecule has 1 amide bonds. The molecule has 0 saturated carbocycles. The van der Waals surface area contributed by atoms with Gasteiger partial charge in [0.25, 0.3) is 5.91 Å². The van der Waals surface area contributed by atoms with Crippen LogP contribution in [0.2, 0.25) is 0 Å². The zero-order valence-corrected chi connectivity index (χ0v) is 10.3. The van der Waals surface area contributed by atoms with E-state index in [0.717, 1.165) is 5.56 Å². The summed E-state index contributed by atoms with van der Waals surface area (Å²) in [4.78, 5) is 10.9. The fraction of sp³-hybridized carbons (Fsp3) is 0.100. The van der Waals surface area contributed by atoms with E-state index >= 15 is 0 Å². The average Bonchev–Trinajstić information content (AvgIpc) is 2.24. The number of phenolic OH excluding ortho intramolecular Hbond substituents is 1. The Morgan fingerprint density at radius 3 is 3.06 bits per heavy atom. The Bertz CT molecular complexity index is 466. The van der Waals surface area contributed by atoms with Gasteiger partial charge in [0.05, 0.1) is 15.9 Å². The standard InChI is InChI=1S/C10H8IN3O2/c11-8-5-7(1-2-9(8)15)6-13-14-10(16)3-4-12/h1-2,5-6,15H,3H2,(H,14,16)/b13-6-. The fourth-order valence-corrected chi connectivity index (χ4v) is 1.43. The third kappa shape index (κ3) is 3.86. The first kappa shape index (κ1) is 12.4. The van der Waals surface area contributed by atoms with Crippen LogP contribution in [0, 0.1) is 14.9 Å². The molecule has 0 aliphatic heterocycles. The maximum absolute atomic E-state index is 10.9. The van der Waals surface area contributed by atoms with Crippen molar-refractivity contribution < 1.29 is 9.90 Å². The maximum Gasteiger partial charge on any atom is 0.254 e. The first-order chi connectivity index (χ1) is 7.63. The van der Waals surface area contributed by atoms with Gasteiger partial charge < -0.3 is 5.11 Å². The number of nitrogens with zero attached hydrogens (tertiary/aromatic N) is 2.